The molecule has 138 valence electrons. The van der Waals surface area contributed by atoms with E-state index in [4.69, 9.17) is 0 Å². The van der Waals surface area contributed by atoms with Gasteiger partial charge in [-0.2, -0.15) is 0 Å². The Hall–Kier alpha value is -2.62. The van der Waals surface area contributed by atoms with Gasteiger partial charge in [-0.25, -0.2) is 5.01 Å². The third-order valence-electron chi connectivity index (χ3n) is 4.32. The highest BCUT2D eigenvalue weighted by molar-refractivity contribution is 5.99. The van der Waals surface area contributed by atoms with Crippen molar-refractivity contribution in [3.63, 3.8) is 0 Å². The van der Waals surface area contributed by atoms with Crippen molar-refractivity contribution in [1.82, 2.24) is 10.4 Å². The van der Waals surface area contributed by atoms with Crippen molar-refractivity contribution < 1.29 is 9.59 Å². The summed E-state index contributed by atoms with van der Waals surface area (Å²) in [4.78, 5) is 25.8. The Morgan fingerprint density at radius 2 is 1.38 bits per heavy atom. The molecule has 2 aromatic carbocycles. The number of carbonyl (C=O) groups excluding carboxylic acids is 2. The molecule has 0 aliphatic carbocycles. The summed E-state index contributed by atoms with van der Waals surface area (Å²) in [6, 6.07) is 11.2. The van der Waals surface area contributed by atoms with Gasteiger partial charge in [0.2, 0.25) is 0 Å². The monoisotopic (exact) mass is 352 g/mol. The standard InChI is InChI=1S/C22H28N2O2/c1-14-10-15(2)12-19(11-14)21(26)24(22(5,6)7)23-20(25)18-9-8-16(3)17(4)13-18/h8-13H,1-7H3,(H,23,25). The van der Waals surface area contributed by atoms with Crippen molar-refractivity contribution in [2.75, 3.05) is 0 Å². The van der Waals surface area contributed by atoms with Crippen LogP contribution in [0.3, 0.4) is 0 Å². The van der Waals surface area contributed by atoms with E-state index in [1.807, 2.05) is 78.8 Å². The smallest absolute Gasteiger partial charge is 0.267 e. The van der Waals surface area contributed by atoms with Crippen LogP contribution in [0.5, 0.6) is 0 Å². The summed E-state index contributed by atoms with van der Waals surface area (Å²) in [5.41, 5.74) is 7.54. The second kappa shape index (κ2) is 7.32. The number of amides is 2. The van der Waals surface area contributed by atoms with Gasteiger partial charge in [-0.05, 0) is 83.9 Å². The summed E-state index contributed by atoms with van der Waals surface area (Å²) < 4.78 is 0. The molecule has 0 aliphatic heterocycles. The molecule has 0 unspecified atom stereocenters. The summed E-state index contributed by atoms with van der Waals surface area (Å²) in [6.07, 6.45) is 0. The first-order valence-electron chi connectivity index (χ1n) is 8.80. The van der Waals surface area contributed by atoms with Crippen molar-refractivity contribution in [3.05, 3.63) is 69.8 Å². The van der Waals surface area contributed by atoms with Crippen LogP contribution < -0.4 is 5.43 Å². The Balaban J connectivity index is 2.34. The molecule has 0 fully saturated rings. The fraction of sp³-hybridized carbons (Fsp3) is 0.364. The van der Waals surface area contributed by atoms with Crippen LogP contribution in [0.4, 0.5) is 0 Å². The fourth-order valence-electron chi connectivity index (χ4n) is 2.80. The number of hydrogen-bond donors (Lipinski definition) is 1. The maximum absolute atomic E-state index is 13.1. The molecule has 2 amide bonds. The van der Waals surface area contributed by atoms with E-state index in [-0.39, 0.29) is 11.8 Å². The van der Waals surface area contributed by atoms with Gasteiger partial charge in [-0.3, -0.25) is 15.0 Å². The third kappa shape index (κ3) is 4.51. The zero-order chi connectivity index (χ0) is 19.6. The van der Waals surface area contributed by atoms with Gasteiger partial charge >= 0.3 is 0 Å². The average Bonchev–Trinajstić information content (AvgIpc) is 2.52. The van der Waals surface area contributed by atoms with Gasteiger partial charge in [-0.1, -0.05) is 23.3 Å². The molecular weight excluding hydrogens is 324 g/mol. The van der Waals surface area contributed by atoms with Crippen LogP contribution in [0.15, 0.2) is 36.4 Å². The van der Waals surface area contributed by atoms with Crippen molar-refractivity contribution >= 4 is 11.8 Å². The highest BCUT2D eigenvalue weighted by Gasteiger charge is 2.29. The minimum atomic E-state index is -0.565. The predicted molar refractivity (Wildman–Crippen MR) is 105 cm³/mol. The Morgan fingerprint density at radius 1 is 0.808 bits per heavy atom. The minimum Gasteiger partial charge on any atom is -0.267 e. The Morgan fingerprint density at radius 3 is 1.88 bits per heavy atom. The Kier molecular flexibility index (Phi) is 5.55. The zero-order valence-electron chi connectivity index (χ0n) is 16.7. The van der Waals surface area contributed by atoms with Crippen molar-refractivity contribution in [1.29, 1.82) is 0 Å². The number of benzene rings is 2. The third-order valence-corrected chi connectivity index (χ3v) is 4.32. The molecule has 2 aromatic rings. The molecule has 0 heterocycles. The van der Waals surface area contributed by atoms with Gasteiger partial charge in [0, 0.05) is 11.1 Å². The average molecular weight is 352 g/mol. The van der Waals surface area contributed by atoms with E-state index in [0.717, 1.165) is 22.3 Å². The molecule has 0 radical (unpaired) electrons. The SMILES string of the molecule is Cc1cc(C)cc(C(=O)N(NC(=O)c2ccc(C)c(C)c2)C(C)(C)C)c1. The lowest BCUT2D eigenvalue weighted by atomic mass is 10.0. The molecule has 0 bridgehead atoms. The van der Waals surface area contributed by atoms with Crippen molar-refractivity contribution in [2.24, 2.45) is 0 Å². The van der Waals surface area contributed by atoms with Gasteiger partial charge in [0.15, 0.2) is 0 Å². The van der Waals surface area contributed by atoms with E-state index in [2.05, 4.69) is 5.43 Å². The van der Waals surface area contributed by atoms with Gasteiger partial charge in [0.25, 0.3) is 11.8 Å². The summed E-state index contributed by atoms with van der Waals surface area (Å²) in [6.45, 7) is 13.6. The molecule has 0 atom stereocenters. The van der Waals surface area contributed by atoms with Crippen molar-refractivity contribution in [3.8, 4) is 0 Å². The van der Waals surface area contributed by atoms with Gasteiger partial charge in [-0.15, -0.1) is 0 Å². The first-order valence-corrected chi connectivity index (χ1v) is 8.80. The van der Waals surface area contributed by atoms with Crippen molar-refractivity contribution in [2.45, 2.75) is 54.0 Å². The fourth-order valence-corrected chi connectivity index (χ4v) is 2.80. The van der Waals surface area contributed by atoms with Gasteiger partial charge in [0.1, 0.15) is 0 Å². The molecule has 4 heteroatoms. The van der Waals surface area contributed by atoms with Crippen LogP contribution in [0.1, 0.15) is 63.7 Å². The van der Waals surface area contributed by atoms with E-state index in [1.54, 1.807) is 6.07 Å². The number of hydrazine groups is 1. The van der Waals surface area contributed by atoms with Crippen LogP contribution in [0.25, 0.3) is 0 Å². The molecule has 0 aliphatic rings. The topological polar surface area (TPSA) is 49.4 Å². The summed E-state index contributed by atoms with van der Waals surface area (Å²) in [5, 5.41) is 1.42. The number of hydrogen-bond acceptors (Lipinski definition) is 2. The normalized spacial score (nSPS) is 11.2. The van der Waals surface area contributed by atoms with Crippen LogP contribution >= 0.6 is 0 Å². The molecule has 1 N–H and O–H groups in total. The Labute approximate surface area is 156 Å². The van der Waals surface area contributed by atoms with E-state index < -0.39 is 5.54 Å². The lowest BCUT2D eigenvalue weighted by Gasteiger charge is -2.35. The van der Waals surface area contributed by atoms with E-state index >= 15 is 0 Å². The molecule has 0 saturated carbocycles. The summed E-state index contributed by atoms with van der Waals surface area (Å²) in [5.74, 6) is -0.512. The van der Waals surface area contributed by atoms with Crippen LogP contribution in [0.2, 0.25) is 0 Å². The first kappa shape index (κ1) is 19.7. The predicted octanol–water partition coefficient (Wildman–Crippen LogP) is 4.51. The zero-order valence-corrected chi connectivity index (χ0v) is 16.7. The second-order valence-electron chi connectivity index (χ2n) is 7.93. The maximum Gasteiger partial charge on any atom is 0.272 e. The molecule has 0 aromatic heterocycles. The second-order valence-corrected chi connectivity index (χ2v) is 7.93. The molecule has 0 saturated heterocycles. The van der Waals surface area contributed by atoms with Crippen LogP contribution in [0, 0.1) is 27.7 Å². The minimum absolute atomic E-state index is 0.221. The highest BCUT2D eigenvalue weighted by atomic mass is 16.2. The first-order chi connectivity index (χ1) is 12.0. The molecule has 2 rings (SSSR count). The van der Waals surface area contributed by atoms with Gasteiger partial charge in [0.05, 0.1) is 5.54 Å². The number of aryl methyl sites for hydroxylation is 4. The number of nitrogens with one attached hydrogen (secondary N) is 1. The molecule has 0 spiro atoms. The largest absolute Gasteiger partial charge is 0.272 e. The highest BCUT2D eigenvalue weighted by Crippen LogP contribution is 2.18. The molecule has 4 nitrogen and oxygen atoms in total. The van der Waals surface area contributed by atoms with E-state index in [9.17, 15) is 9.59 Å². The molecular formula is C22H28N2O2. The van der Waals surface area contributed by atoms with E-state index in [0.29, 0.717) is 11.1 Å². The summed E-state index contributed by atoms with van der Waals surface area (Å²) in [7, 11) is 0. The lowest BCUT2D eigenvalue weighted by Crippen LogP contribution is -2.55. The van der Waals surface area contributed by atoms with Crippen LogP contribution in [-0.4, -0.2) is 22.4 Å². The Bertz CT molecular complexity index is 827. The lowest BCUT2D eigenvalue weighted by molar-refractivity contribution is 0.0358. The van der Waals surface area contributed by atoms with E-state index in [1.165, 1.54) is 5.01 Å². The maximum atomic E-state index is 13.1. The quantitative estimate of drug-likeness (QED) is 0.809. The number of carbonyl (C=O) groups is 2. The van der Waals surface area contributed by atoms with Crippen LogP contribution in [-0.2, 0) is 0 Å². The number of rotatable bonds is 2. The van der Waals surface area contributed by atoms with Gasteiger partial charge < -0.3 is 0 Å². The summed E-state index contributed by atoms with van der Waals surface area (Å²) >= 11 is 0. The molecule has 26 heavy (non-hydrogen) atoms. The number of nitrogens with zero attached hydrogens (tertiary/aromatic N) is 1.